The first-order valence-corrected chi connectivity index (χ1v) is 10.4. The second-order valence-electron chi connectivity index (χ2n) is 6.58. The molecule has 0 aliphatic rings. The van der Waals surface area contributed by atoms with Crippen LogP contribution in [-0.2, 0) is 20.9 Å². The van der Waals surface area contributed by atoms with Crippen molar-refractivity contribution in [2.45, 2.75) is 33.4 Å². The molecule has 1 atom stereocenters. The maximum Gasteiger partial charge on any atom is 0.414 e. The van der Waals surface area contributed by atoms with Gasteiger partial charge in [0.2, 0.25) is 0 Å². The topological polar surface area (TPSA) is 78.0 Å². The van der Waals surface area contributed by atoms with E-state index < -0.39 is 18.1 Å². The molecular formula is C22H24N2O5S. The zero-order chi connectivity index (χ0) is 21.7. The Morgan fingerprint density at radius 2 is 1.97 bits per heavy atom. The first-order chi connectivity index (χ1) is 14.4. The highest BCUT2D eigenvalue weighted by molar-refractivity contribution is 7.18. The lowest BCUT2D eigenvalue weighted by atomic mass is 10.1. The van der Waals surface area contributed by atoms with Gasteiger partial charge in [-0.2, -0.15) is 0 Å². The van der Waals surface area contributed by atoms with Crippen molar-refractivity contribution in [3.8, 4) is 5.75 Å². The minimum Gasteiger partial charge on any atom is -0.486 e. The van der Waals surface area contributed by atoms with Gasteiger partial charge in [0.1, 0.15) is 23.4 Å². The number of rotatable bonds is 7. The van der Waals surface area contributed by atoms with Crippen LogP contribution in [-0.4, -0.2) is 36.8 Å². The third-order valence-corrected chi connectivity index (χ3v) is 5.52. The lowest BCUT2D eigenvalue weighted by molar-refractivity contribution is -0.144. The lowest BCUT2D eigenvalue weighted by Gasteiger charge is -2.28. The van der Waals surface area contributed by atoms with Gasteiger partial charge in [-0.1, -0.05) is 12.1 Å². The van der Waals surface area contributed by atoms with Crippen LogP contribution in [0.3, 0.4) is 0 Å². The van der Waals surface area contributed by atoms with Crippen LogP contribution in [0.15, 0.2) is 42.5 Å². The molecule has 3 aromatic rings. The zero-order valence-electron chi connectivity index (χ0n) is 17.4. The van der Waals surface area contributed by atoms with E-state index in [4.69, 9.17) is 14.2 Å². The molecule has 0 bridgehead atoms. The summed E-state index contributed by atoms with van der Waals surface area (Å²) in [4.78, 5) is 30.4. The molecule has 1 amide bonds. The van der Waals surface area contributed by atoms with Gasteiger partial charge >= 0.3 is 12.1 Å². The van der Waals surface area contributed by atoms with E-state index in [0.717, 1.165) is 20.8 Å². The van der Waals surface area contributed by atoms with Crippen molar-refractivity contribution in [2.24, 2.45) is 0 Å². The number of nitrogens with zero attached hydrogens (tertiary/aromatic N) is 2. The Morgan fingerprint density at radius 1 is 1.20 bits per heavy atom. The number of hydrogen-bond donors (Lipinski definition) is 0. The molecule has 158 valence electrons. The predicted octanol–water partition coefficient (Wildman–Crippen LogP) is 4.71. The minimum atomic E-state index is -0.828. The quantitative estimate of drug-likeness (QED) is 0.507. The molecular weight excluding hydrogens is 404 g/mol. The molecule has 0 spiro atoms. The van der Waals surface area contributed by atoms with E-state index in [1.54, 1.807) is 37.3 Å². The number of aromatic nitrogens is 1. The van der Waals surface area contributed by atoms with Crippen LogP contribution in [0.2, 0.25) is 0 Å². The highest BCUT2D eigenvalue weighted by atomic mass is 32.1. The molecule has 3 rings (SSSR count). The Bertz CT molecular complexity index is 1020. The predicted molar refractivity (Wildman–Crippen MR) is 116 cm³/mol. The fourth-order valence-corrected chi connectivity index (χ4v) is 3.93. The van der Waals surface area contributed by atoms with Gasteiger partial charge in [-0.3, -0.25) is 4.90 Å². The van der Waals surface area contributed by atoms with E-state index >= 15 is 0 Å². The first kappa shape index (κ1) is 21.6. The van der Waals surface area contributed by atoms with Crippen molar-refractivity contribution in [3.05, 3.63) is 53.0 Å². The van der Waals surface area contributed by atoms with Crippen molar-refractivity contribution in [1.82, 2.24) is 4.98 Å². The van der Waals surface area contributed by atoms with Crippen LogP contribution < -0.4 is 9.64 Å². The number of methoxy groups -OCH3 is 1. The molecule has 8 heteroatoms. The molecule has 1 heterocycles. The van der Waals surface area contributed by atoms with Gasteiger partial charge in [0, 0.05) is 0 Å². The fraction of sp³-hybridized carbons (Fsp3) is 0.318. The van der Waals surface area contributed by atoms with Crippen LogP contribution in [0, 0.1) is 6.92 Å². The normalized spacial score (nSPS) is 11.7. The smallest absolute Gasteiger partial charge is 0.414 e. The van der Waals surface area contributed by atoms with Gasteiger partial charge in [0.25, 0.3) is 0 Å². The number of benzene rings is 2. The molecule has 7 nitrogen and oxygen atoms in total. The van der Waals surface area contributed by atoms with Gasteiger partial charge in [-0.15, -0.1) is 11.3 Å². The van der Waals surface area contributed by atoms with Gasteiger partial charge in [-0.05, 0) is 56.7 Å². The fourth-order valence-electron chi connectivity index (χ4n) is 3.05. The molecule has 30 heavy (non-hydrogen) atoms. The molecule has 0 radical (unpaired) electrons. The first-order valence-electron chi connectivity index (χ1n) is 9.56. The Balaban J connectivity index is 1.77. The summed E-state index contributed by atoms with van der Waals surface area (Å²) in [5.74, 6) is 0.141. The lowest BCUT2D eigenvalue weighted by Crippen LogP contribution is -2.44. The van der Waals surface area contributed by atoms with Crippen LogP contribution in [0.1, 0.15) is 24.4 Å². The Labute approximate surface area is 179 Å². The number of carbonyl (C=O) groups is 2. The summed E-state index contributed by atoms with van der Waals surface area (Å²) in [6, 6.07) is 12.4. The van der Waals surface area contributed by atoms with Crippen molar-refractivity contribution >= 4 is 39.3 Å². The summed E-state index contributed by atoms with van der Waals surface area (Å²) in [6.45, 7) is 5.74. The average molecular weight is 429 g/mol. The maximum absolute atomic E-state index is 12.4. The van der Waals surface area contributed by atoms with Gasteiger partial charge in [0.05, 0.1) is 29.6 Å². The zero-order valence-corrected chi connectivity index (χ0v) is 18.2. The number of amides is 1. The number of esters is 1. The summed E-state index contributed by atoms with van der Waals surface area (Å²) in [5.41, 5.74) is 2.27. The molecule has 0 aliphatic heterocycles. The molecule has 0 saturated carbocycles. The van der Waals surface area contributed by atoms with E-state index in [1.165, 1.54) is 12.0 Å². The Kier molecular flexibility index (Phi) is 6.89. The number of thiazole rings is 1. The molecule has 0 fully saturated rings. The second kappa shape index (κ2) is 9.58. The number of para-hydroxylation sites is 1. The molecule has 0 saturated heterocycles. The number of hydrogen-bond acceptors (Lipinski definition) is 7. The molecule has 0 N–H and O–H groups in total. The van der Waals surface area contributed by atoms with E-state index in [-0.39, 0.29) is 6.61 Å². The monoisotopic (exact) mass is 428 g/mol. The van der Waals surface area contributed by atoms with Gasteiger partial charge in [0.15, 0.2) is 0 Å². The van der Waals surface area contributed by atoms with E-state index in [1.807, 2.05) is 37.3 Å². The van der Waals surface area contributed by atoms with Crippen molar-refractivity contribution in [3.63, 3.8) is 0 Å². The summed E-state index contributed by atoms with van der Waals surface area (Å²) in [6.07, 6.45) is -0.637. The number of ether oxygens (including phenoxy) is 3. The van der Waals surface area contributed by atoms with E-state index in [0.29, 0.717) is 18.0 Å². The SMILES string of the molecule is CCOC(=O)C(C)N(C(=O)OC)c1ccc(OCc2nc3ccccc3s2)cc1C. The Hall–Kier alpha value is -3.13. The van der Waals surface area contributed by atoms with Crippen LogP contribution >= 0.6 is 11.3 Å². The number of aryl methyl sites for hydroxylation is 1. The molecule has 0 aliphatic carbocycles. The Morgan fingerprint density at radius 3 is 2.63 bits per heavy atom. The molecule has 2 aromatic carbocycles. The molecule has 1 aromatic heterocycles. The summed E-state index contributed by atoms with van der Waals surface area (Å²) >= 11 is 1.59. The van der Waals surface area contributed by atoms with Crippen molar-refractivity contribution < 1.29 is 23.8 Å². The maximum atomic E-state index is 12.4. The molecule has 1 unspecified atom stereocenters. The highest BCUT2D eigenvalue weighted by Gasteiger charge is 2.30. The number of anilines is 1. The van der Waals surface area contributed by atoms with Gasteiger partial charge in [-0.25, -0.2) is 14.6 Å². The summed E-state index contributed by atoms with van der Waals surface area (Å²) in [7, 11) is 1.28. The minimum absolute atomic E-state index is 0.232. The van der Waals surface area contributed by atoms with Crippen molar-refractivity contribution in [1.29, 1.82) is 0 Å². The third kappa shape index (κ3) is 4.71. The van der Waals surface area contributed by atoms with Gasteiger partial charge < -0.3 is 14.2 Å². The number of carbonyl (C=O) groups excluding carboxylic acids is 2. The van der Waals surface area contributed by atoms with Crippen LogP contribution in [0.5, 0.6) is 5.75 Å². The average Bonchev–Trinajstić information content (AvgIpc) is 3.16. The van der Waals surface area contributed by atoms with Crippen LogP contribution in [0.25, 0.3) is 10.2 Å². The summed E-state index contributed by atoms with van der Waals surface area (Å²) < 4.78 is 16.9. The van der Waals surface area contributed by atoms with E-state index in [2.05, 4.69) is 4.98 Å². The number of fused-ring (bicyclic) bond motifs is 1. The van der Waals surface area contributed by atoms with E-state index in [9.17, 15) is 9.59 Å². The second-order valence-corrected chi connectivity index (χ2v) is 7.70. The highest BCUT2D eigenvalue weighted by Crippen LogP contribution is 2.29. The summed E-state index contributed by atoms with van der Waals surface area (Å²) in [5, 5.41) is 0.880. The van der Waals surface area contributed by atoms with Crippen LogP contribution in [0.4, 0.5) is 10.5 Å². The van der Waals surface area contributed by atoms with Crippen molar-refractivity contribution in [2.75, 3.05) is 18.6 Å². The largest absolute Gasteiger partial charge is 0.486 e. The standard InChI is InChI=1S/C22H24N2O5S/c1-5-28-21(25)15(3)24(22(26)27-4)18-11-10-16(12-14(18)2)29-13-20-23-17-8-6-7-9-19(17)30-20/h6-12,15H,5,13H2,1-4H3. The third-order valence-electron chi connectivity index (χ3n) is 4.51.